The number of nitrogens with two attached hydrogens (primary N) is 1. The molecule has 4 nitrogen and oxygen atoms in total. The molecule has 2 rings (SSSR count). The van der Waals surface area contributed by atoms with Crippen molar-refractivity contribution in [2.45, 2.75) is 32.3 Å². The van der Waals surface area contributed by atoms with Crippen molar-refractivity contribution in [3.63, 3.8) is 0 Å². The van der Waals surface area contributed by atoms with Crippen LogP contribution < -0.4 is 5.73 Å². The lowest BCUT2D eigenvalue weighted by Gasteiger charge is -2.32. The van der Waals surface area contributed by atoms with Crippen LogP contribution in [0.25, 0.3) is 0 Å². The first-order valence-corrected chi connectivity index (χ1v) is 7.39. The highest BCUT2D eigenvalue weighted by molar-refractivity contribution is 5.95. The van der Waals surface area contributed by atoms with Crippen LogP contribution in [0.1, 0.15) is 35.2 Å². The average molecular weight is 313 g/mol. The summed E-state index contributed by atoms with van der Waals surface area (Å²) in [6.07, 6.45) is 3.02. The van der Waals surface area contributed by atoms with Gasteiger partial charge in [0.25, 0.3) is 5.91 Å². The third-order valence-electron chi connectivity index (χ3n) is 3.81. The van der Waals surface area contributed by atoms with Gasteiger partial charge in [0, 0.05) is 25.3 Å². The summed E-state index contributed by atoms with van der Waals surface area (Å²) in [5.74, 6) is 0.142. The van der Waals surface area contributed by atoms with Crippen molar-refractivity contribution in [1.82, 2.24) is 4.90 Å². The van der Waals surface area contributed by atoms with Gasteiger partial charge in [-0.3, -0.25) is 4.79 Å². The maximum atomic E-state index is 12.5. The van der Waals surface area contributed by atoms with Crippen LogP contribution in [0, 0.1) is 6.92 Å². The Balaban J connectivity index is 0.00000220. The second-order valence-corrected chi connectivity index (χ2v) is 5.32. The predicted molar refractivity (Wildman–Crippen MR) is 87.0 cm³/mol. The molecule has 0 spiro atoms. The van der Waals surface area contributed by atoms with Crippen molar-refractivity contribution in [1.29, 1.82) is 0 Å². The van der Waals surface area contributed by atoms with Crippen molar-refractivity contribution in [2.75, 3.05) is 26.2 Å². The summed E-state index contributed by atoms with van der Waals surface area (Å²) in [6, 6.07) is 7.77. The molecule has 21 heavy (non-hydrogen) atoms. The highest BCUT2D eigenvalue weighted by Crippen LogP contribution is 2.18. The molecule has 1 heterocycles. The first-order valence-electron chi connectivity index (χ1n) is 7.39. The minimum Gasteiger partial charge on any atom is -0.378 e. The lowest BCUT2D eigenvalue weighted by atomic mass is 10.0. The number of hydrogen-bond acceptors (Lipinski definition) is 3. The van der Waals surface area contributed by atoms with Crippen LogP contribution in [0.3, 0.4) is 0 Å². The smallest absolute Gasteiger partial charge is 0.254 e. The summed E-state index contributed by atoms with van der Waals surface area (Å²) in [4.78, 5) is 14.4. The lowest BCUT2D eigenvalue weighted by Crippen LogP contribution is -2.41. The largest absolute Gasteiger partial charge is 0.378 e. The minimum absolute atomic E-state index is 0. The second kappa shape index (κ2) is 9.03. The highest BCUT2D eigenvalue weighted by atomic mass is 35.5. The summed E-state index contributed by atoms with van der Waals surface area (Å²) >= 11 is 0. The maximum Gasteiger partial charge on any atom is 0.254 e. The second-order valence-electron chi connectivity index (χ2n) is 5.32. The van der Waals surface area contributed by atoms with Gasteiger partial charge in [0.2, 0.25) is 0 Å². The molecule has 1 aromatic carbocycles. The van der Waals surface area contributed by atoms with Gasteiger partial charge in [-0.15, -0.1) is 12.4 Å². The lowest BCUT2D eigenvalue weighted by molar-refractivity contribution is 0.00843. The van der Waals surface area contributed by atoms with E-state index in [9.17, 15) is 4.79 Å². The summed E-state index contributed by atoms with van der Waals surface area (Å²) in [6.45, 7) is 4.94. The van der Waals surface area contributed by atoms with E-state index in [1.165, 1.54) is 0 Å². The Hall–Kier alpha value is -1.10. The molecule has 0 aromatic heterocycles. The van der Waals surface area contributed by atoms with E-state index < -0.39 is 0 Å². The van der Waals surface area contributed by atoms with Gasteiger partial charge in [-0.05, 0) is 44.4 Å². The minimum atomic E-state index is 0. The molecule has 1 amide bonds. The van der Waals surface area contributed by atoms with Crippen LogP contribution in [0.2, 0.25) is 0 Å². The summed E-state index contributed by atoms with van der Waals surface area (Å²) < 4.78 is 5.76. The fraction of sp³-hybridized carbons (Fsp3) is 0.562. The van der Waals surface area contributed by atoms with Gasteiger partial charge in [0.1, 0.15) is 0 Å². The quantitative estimate of drug-likeness (QED) is 0.849. The molecule has 5 heteroatoms. The topological polar surface area (TPSA) is 55.6 Å². The molecule has 1 aromatic rings. The predicted octanol–water partition coefficient (Wildman–Crippen LogP) is 2.39. The van der Waals surface area contributed by atoms with Gasteiger partial charge < -0.3 is 15.4 Å². The standard InChI is InChI=1S/C16H24N2O2.ClH/c1-13-5-2-3-6-15(13)16(19)18-10-7-14(8-11-18)20-12-4-9-17;/h2-3,5-6,14H,4,7-12,17H2,1H3;1H. The number of carbonyl (C=O) groups is 1. The van der Waals surface area contributed by atoms with Crippen LogP contribution in [0.5, 0.6) is 0 Å². The molecule has 1 fully saturated rings. The number of nitrogens with zero attached hydrogens (tertiary/aromatic N) is 1. The Morgan fingerprint density at radius 1 is 1.33 bits per heavy atom. The van der Waals surface area contributed by atoms with Crippen molar-refractivity contribution >= 4 is 18.3 Å². The fourth-order valence-electron chi connectivity index (χ4n) is 2.54. The third kappa shape index (κ3) is 4.99. The molecule has 0 saturated carbocycles. The average Bonchev–Trinajstić information content (AvgIpc) is 2.48. The van der Waals surface area contributed by atoms with Crippen LogP contribution >= 0.6 is 12.4 Å². The molecular formula is C16H25ClN2O2. The Labute approximate surface area is 133 Å². The number of ether oxygens (including phenoxy) is 1. The molecule has 0 aliphatic carbocycles. The Kier molecular flexibility index (Phi) is 7.72. The van der Waals surface area contributed by atoms with Crippen molar-refractivity contribution in [2.24, 2.45) is 5.73 Å². The third-order valence-corrected chi connectivity index (χ3v) is 3.81. The van der Waals surface area contributed by atoms with Crippen molar-refractivity contribution < 1.29 is 9.53 Å². The Bertz CT molecular complexity index is 446. The Morgan fingerprint density at radius 2 is 2.00 bits per heavy atom. The zero-order valence-corrected chi connectivity index (χ0v) is 13.4. The number of halogens is 1. The molecule has 2 N–H and O–H groups in total. The Morgan fingerprint density at radius 3 is 2.62 bits per heavy atom. The number of rotatable bonds is 5. The van der Waals surface area contributed by atoms with E-state index in [1.54, 1.807) is 0 Å². The van der Waals surface area contributed by atoms with E-state index in [1.807, 2.05) is 36.1 Å². The normalized spacial score (nSPS) is 15.6. The number of likely N-dealkylation sites (tertiary alicyclic amines) is 1. The van der Waals surface area contributed by atoms with E-state index in [0.29, 0.717) is 6.54 Å². The van der Waals surface area contributed by atoms with Crippen molar-refractivity contribution in [3.8, 4) is 0 Å². The van der Waals surface area contributed by atoms with Gasteiger partial charge in [-0.25, -0.2) is 0 Å². The first-order chi connectivity index (χ1) is 9.72. The van der Waals surface area contributed by atoms with Gasteiger partial charge >= 0.3 is 0 Å². The summed E-state index contributed by atoms with van der Waals surface area (Å²) in [7, 11) is 0. The number of benzene rings is 1. The number of carbonyl (C=O) groups excluding carboxylic acids is 1. The molecule has 0 radical (unpaired) electrons. The number of hydrogen-bond donors (Lipinski definition) is 1. The zero-order valence-electron chi connectivity index (χ0n) is 12.6. The van der Waals surface area contributed by atoms with Crippen LogP contribution in [0.4, 0.5) is 0 Å². The molecule has 1 saturated heterocycles. The number of amides is 1. The van der Waals surface area contributed by atoms with E-state index >= 15 is 0 Å². The van der Waals surface area contributed by atoms with E-state index in [2.05, 4.69) is 0 Å². The first kappa shape index (κ1) is 18.0. The maximum absolute atomic E-state index is 12.5. The van der Waals surface area contributed by atoms with Gasteiger partial charge in [0.05, 0.1) is 6.10 Å². The van der Waals surface area contributed by atoms with Crippen LogP contribution in [0.15, 0.2) is 24.3 Å². The molecule has 0 unspecified atom stereocenters. The number of piperidine rings is 1. The van der Waals surface area contributed by atoms with Gasteiger partial charge in [-0.2, -0.15) is 0 Å². The number of aryl methyl sites for hydroxylation is 1. The van der Waals surface area contributed by atoms with Crippen LogP contribution in [-0.2, 0) is 4.74 Å². The highest BCUT2D eigenvalue weighted by Gasteiger charge is 2.24. The fourth-order valence-corrected chi connectivity index (χ4v) is 2.54. The van der Waals surface area contributed by atoms with Crippen molar-refractivity contribution in [3.05, 3.63) is 35.4 Å². The van der Waals surface area contributed by atoms with E-state index in [4.69, 9.17) is 10.5 Å². The van der Waals surface area contributed by atoms with Gasteiger partial charge in [0.15, 0.2) is 0 Å². The molecule has 118 valence electrons. The van der Waals surface area contributed by atoms with Gasteiger partial charge in [-0.1, -0.05) is 18.2 Å². The van der Waals surface area contributed by atoms with Crippen LogP contribution in [-0.4, -0.2) is 43.2 Å². The van der Waals surface area contributed by atoms with E-state index in [0.717, 1.165) is 50.1 Å². The molecule has 0 bridgehead atoms. The summed E-state index contributed by atoms with van der Waals surface area (Å²) in [5, 5.41) is 0. The molecule has 0 atom stereocenters. The summed E-state index contributed by atoms with van der Waals surface area (Å²) in [5.41, 5.74) is 7.31. The van der Waals surface area contributed by atoms with E-state index in [-0.39, 0.29) is 24.4 Å². The molecule has 1 aliphatic rings. The zero-order chi connectivity index (χ0) is 14.4. The SMILES string of the molecule is Cc1ccccc1C(=O)N1CCC(OCCCN)CC1.Cl. The molecule has 1 aliphatic heterocycles. The monoisotopic (exact) mass is 312 g/mol. The molecular weight excluding hydrogens is 288 g/mol.